The van der Waals surface area contributed by atoms with Crippen molar-refractivity contribution in [3.05, 3.63) is 23.8 Å². The summed E-state index contributed by atoms with van der Waals surface area (Å²) in [6.07, 6.45) is 5.58. The number of methoxy groups -OCH3 is 2. The highest BCUT2D eigenvalue weighted by molar-refractivity contribution is 5.39. The number of hydrogen-bond donors (Lipinski definition) is 1. The highest BCUT2D eigenvalue weighted by atomic mass is 16.5. The molecule has 1 aliphatic rings. The molecule has 1 aliphatic carbocycles. The fourth-order valence-corrected chi connectivity index (χ4v) is 3.41. The monoisotopic (exact) mass is 278 g/mol. The van der Waals surface area contributed by atoms with E-state index in [-0.39, 0.29) is 0 Å². The second kappa shape index (κ2) is 6.98. The van der Waals surface area contributed by atoms with Crippen LogP contribution in [0.5, 0.6) is 11.5 Å². The third-order valence-electron chi connectivity index (χ3n) is 4.61. The minimum atomic E-state index is -0.427. The molecule has 1 N–H and O–H groups in total. The quantitative estimate of drug-likeness (QED) is 0.886. The molecule has 0 bridgehead atoms. The van der Waals surface area contributed by atoms with Crippen molar-refractivity contribution in [2.45, 2.75) is 45.1 Å². The molecule has 0 aromatic heterocycles. The van der Waals surface area contributed by atoms with Crippen molar-refractivity contribution >= 4 is 0 Å². The first kappa shape index (κ1) is 15.2. The van der Waals surface area contributed by atoms with Crippen LogP contribution in [0, 0.1) is 11.8 Å². The van der Waals surface area contributed by atoms with Crippen LogP contribution in [-0.4, -0.2) is 19.3 Å². The van der Waals surface area contributed by atoms with Gasteiger partial charge in [-0.25, -0.2) is 0 Å². The van der Waals surface area contributed by atoms with E-state index in [9.17, 15) is 5.11 Å². The molecule has 3 nitrogen and oxygen atoms in total. The molecular formula is C17H26O3. The van der Waals surface area contributed by atoms with Crippen LogP contribution >= 0.6 is 0 Å². The van der Waals surface area contributed by atoms with Crippen molar-refractivity contribution in [3.63, 3.8) is 0 Å². The van der Waals surface area contributed by atoms with Gasteiger partial charge < -0.3 is 14.6 Å². The Morgan fingerprint density at radius 2 is 1.70 bits per heavy atom. The van der Waals surface area contributed by atoms with Crippen molar-refractivity contribution in [1.29, 1.82) is 0 Å². The van der Waals surface area contributed by atoms with E-state index in [4.69, 9.17) is 9.47 Å². The van der Waals surface area contributed by atoms with Crippen molar-refractivity contribution in [2.75, 3.05) is 14.2 Å². The molecule has 3 heteroatoms. The SMILES string of the molecule is CCC1CCCCC1C(O)c1cc(OC)cc(OC)c1. The van der Waals surface area contributed by atoms with Crippen LogP contribution in [0.4, 0.5) is 0 Å². The van der Waals surface area contributed by atoms with Gasteiger partial charge >= 0.3 is 0 Å². The number of aliphatic hydroxyl groups excluding tert-OH is 1. The highest BCUT2D eigenvalue weighted by Crippen LogP contribution is 2.41. The molecule has 1 aromatic carbocycles. The van der Waals surface area contributed by atoms with E-state index in [2.05, 4.69) is 6.92 Å². The van der Waals surface area contributed by atoms with E-state index in [0.29, 0.717) is 11.8 Å². The van der Waals surface area contributed by atoms with Crippen LogP contribution in [0.1, 0.15) is 50.7 Å². The molecule has 1 saturated carbocycles. The normalized spacial score (nSPS) is 24.2. The van der Waals surface area contributed by atoms with Gasteiger partial charge in [0.05, 0.1) is 20.3 Å². The van der Waals surface area contributed by atoms with Gasteiger partial charge in [-0.1, -0.05) is 32.6 Å². The average Bonchev–Trinajstić information content (AvgIpc) is 2.53. The predicted molar refractivity (Wildman–Crippen MR) is 80.2 cm³/mol. The lowest BCUT2D eigenvalue weighted by molar-refractivity contribution is 0.0449. The Bertz CT molecular complexity index is 408. The molecule has 0 heterocycles. The molecule has 0 aliphatic heterocycles. The number of hydrogen-bond acceptors (Lipinski definition) is 3. The summed E-state index contributed by atoms with van der Waals surface area (Å²) in [6, 6.07) is 5.69. The van der Waals surface area contributed by atoms with E-state index in [0.717, 1.165) is 29.9 Å². The van der Waals surface area contributed by atoms with E-state index in [1.165, 1.54) is 19.3 Å². The molecule has 0 radical (unpaired) electrons. The van der Waals surface area contributed by atoms with Crippen molar-refractivity contribution < 1.29 is 14.6 Å². The minimum Gasteiger partial charge on any atom is -0.497 e. The maximum absolute atomic E-state index is 10.8. The standard InChI is InChI=1S/C17H26O3/c1-4-12-7-5-6-8-16(12)17(18)13-9-14(19-2)11-15(10-13)20-3/h9-12,16-18H,4-8H2,1-3H3. The lowest BCUT2D eigenvalue weighted by atomic mass is 9.73. The van der Waals surface area contributed by atoms with E-state index in [1.807, 2.05) is 18.2 Å². The largest absolute Gasteiger partial charge is 0.497 e. The first-order valence-corrected chi connectivity index (χ1v) is 7.60. The molecule has 1 fully saturated rings. The third kappa shape index (κ3) is 3.26. The van der Waals surface area contributed by atoms with Crippen molar-refractivity contribution in [2.24, 2.45) is 11.8 Å². The molecular weight excluding hydrogens is 252 g/mol. The van der Waals surface area contributed by atoms with Crippen LogP contribution < -0.4 is 9.47 Å². The second-order valence-electron chi connectivity index (χ2n) is 5.71. The average molecular weight is 278 g/mol. The second-order valence-corrected chi connectivity index (χ2v) is 5.71. The van der Waals surface area contributed by atoms with E-state index < -0.39 is 6.10 Å². The first-order valence-electron chi connectivity index (χ1n) is 7.60. The third-order valence-corrected chi connectivity index (χ3v) is 4.61. The van der Waals surface area contributed by atoms with Gasteiger partial charge in [-0.15, -0.1) is 0 Å². The summed E-state index contributed by atoms with van der Waals surface area (Å²) in [5, 5.41) is 10.8. The number of rotatable bonds is 5. The van der Waals surface area contributed by atoms with Crippen molar-refractivity contribution in [1.82, 2.24) is 0 Å². The summed E-state index contributed by atoms with van der Waals surface area (Å²) in [6.45, 7) is 2.22. The zero-order chi connectivity index (χ0) is 14.5. The maximum Gasteiger partial charge on any atom is 0.122 e. The molecule has 112 valence electrons. The zero-order valence-electron chi connectivity index (χ0n) is 12.8. The summed E-state index contributed by atoms with van der Waals surface area (Å²) in [5.74, 6) is 2.45. The van der Waals surface area contributed by atoms with Gasteiger partial charge in [-0.3, -0.25) is 0 Å². The number of aliphatic hydroxyl groups is 1. The van der Waals surface area contributed by atoms with Gasteiger partial charge in [0.2, 0.25) is 0 Å². The molecule has 1 aromatic rings. The van der Waals surface area contributed by atoms with Crippen LogP contribution in [0.2, 0.25) is 0 Å². The smallest absolute Gasteiger partial charge is 0.122 e. The molecule has 0 spiro atoms. The van der Waals surface area contributed by atoms with Crippen molar-refractivity contribution in [3.8, 4) is 11.5 Å². The lowest BCUT2D eigenvalue weighted by Gasteiger charge is -2.34. The topological polar surface area (TPSA) is 38.7 Å². The van der Waals surface area contributed by atoms with Gasteiger partial charge in [0, 0.05) is 6.07 Å². The van der Waals surface area contributed by atoms with Gasteiger partial charge in [-0.05, 0) is 36.0 Å². The van der Waals surface area contributed by atoms with E-state index in [1.54, 1.807) is 14.2 Å². The van der Waals surface area contributed by atoms with Gasteiger partial charge in [-0.2, -0.15) is 0 Å². The van der Waals surface area contributed by atoms with E-state index >= 15 is 0 Å². The fourth-order valence-electron chi connectivity index (χ4n) is 3.41. The zero-order valence-corrected chi connectivity index (χ0v) is 12.8. The molecule has 3 atom stereocenters. The Morgan fingerprint density at radius 3 is 2.25 bits per heavy atom. The summed E-state index contributed by atoms with van der Waals surface area (Å²) in [5.41, 5.74) is 0.909. The predicted octanol–water partition coefficient (Wildman–Crippen LogP) is 3.95. The Kier molecular flexibility index (Phi) is 5.30. The Balaban J connectivity index is 2.24. The number of benzene rings is 1. The lowest BCUT2D eigenvalue weighted by Crippen LogP contribution is -2.25. The van der Waals surface area contributed by atoms with Gasteiger partial charge in [0.15, 0.2) is 0 Å². The molecule has 0 saturated heterocycles. The molecule has 0 amide bonds. The minimum absolute atomic E-state index is 0.352. The highest BCUT2D eigenvalue weighted by Gasteiger charge is 2.31. The van der Waals surface area contributed by atoms with Crippen LogP contribution in [0.15, 0.2) is 18.2 Å². The summed E-state index contributed by atoms with van der Waals surface area (Å²) >= 11 is 0. The maximum atomic E-state index is 10.8. The molecule has 20 heavy (non-hydrogen) atoms. The Morgan fingerprint density at radius 1 is 1.10 bits per heavy atom. The number of ether oxygens (including phenoxy) is 2. The molecule has 3 unspecified atom stereocenters. The summed E-state index contributed by atoms with van der Waals surface area (Å²) in [7, 11) is 3.28. The van der Waals surface area contributed by atoms with Crippen LogP contribution in [0.3, 0.4) is 0 Å². The Hall–Kier alpha value is -1.22. The summed E-state index contributed by atoms with van der Waals surface area (Å²) < 4.78 is 10.6. The van der Waals surface area contributed by atoms with Crippen LogP contribution in [-0.2, 0) is 0 Å². The first-order chi connectivity index (χ1) is 9.69. The Labute approximate surface area is 121 Å². The van der Waals surface area contributed by atoms with Gasteiger partial charge in [0.25, 0.3) is 0 Å². The van der Waals surface area contributed by atoms with Crippen LogP contribution in [0.25, 0.3) is 0 Å². The fraction of sp³-hybridized carbons (Fsp3) is 0.647. The molecule has 2 rings (SSSR count). The van der Waals surface area contributed by atoms with Gasteiger partial charge in [0.1, 0.15) is 11.5 Å². The summed E-state index contributed by atoms with van der Waals surface area (Å²) in [4.78, 5) is 0.